The quantitative estimate of drug-likeness (QED) is 0.350. The van der Waals surface area contributed by atoms with Gasteiger partial charge in [0.25, 0.3) is 11.8 Å². The molecule has 0 aliphatic rings. The van der Waals surface area contributed by atoms with Crippen molar-refractivity contribution in [3.8, 4) is 0 Å². The highest BCUT2D eigenvalue weighted by atomic mass is 35.5. The van der Waals surface area contributed by atoms with Crippen LogP contribution in [0.15, 0.2) is 71.3 Å². The van der Waals surface area contributed by atoms with E-state index in [0.717, 1.165) is 10.1 Å². The fraction of sp³-hybridized carbons (Fsp3) is 0.0455. The number of carbonyl (C=O) groups excluding carboxylic acids is 2. The molecule has 4 aromatic rings. The SMILES string of the molecule is O=C(NCc1ccco1)c1ccc(NC(=S)NC(=O)c2sc3ccccc3c2Cl)cc1. The molecule has 0 unspecified atom stereocenters. The van der Waals surface area contributed by atoms with Crippen LogP contribution in [0.5, 0.6) is 0 Å². The predicted molar refractivity (Wildman–Crippen MR) is 127 cm³/mol. The highest BCUT2D eigenvalue weighted by Crippen LogP contribution is 2.34. The third kappa shape index (κ3) is 4.93. The number of hydrogen-bond acceptors (Lipinski definition) is 5. The predicted octanol–water partition coefficient (Wildman–Crippen LogP) is 5.20. The Kier molecular flexibility index (Phi) is 6.31. The summed E-state index contributed by atoms with van der Waals surface area (Å²) in [5.41, 5.74) is 1.12. The van der Waals surface area contributed by atoms with E-state index >= 15 is 0 Å². The van der Waals surface area contributed by atoms with Crippen LogP contribution in [0.1, 0.15) is 25.8 Å². The zero-order valence-corrected chi connectivity index (χ0v) is 18.4. The van der Waals surface area contributed by atoms with Crippen LogP contribution < -0.4 is 16.0 Å². The molecule has 0 saturated carbocycles. The Labute approximate surface area is 192 Å². The van der Waals surface area contributed by atoms with E-state index in [0.29, 0.717) is 33.5 Å². The lowest BCUT2D eigenvalue weighted by molar-refractivity contribution is 0.0946. The van der Waals surface area contributed by atoms with Crippen molar-refractivity contribution >= 4 is 67.9 Å². The highest BCUT2D eigenvalue weighted by molar-refractivity contribution is 7.80. The van der Waals surface area contributed by atoms with Gasteiger partial charge in [0.05, 0.1) is 17.8 Å². The van der Waals surface area contributed by atoms with E-state index < -0.39 is 0 Å². The number of thiocarbonyl (C=S) groups is 1. The Hall–Kier alpha value is -3.20. The average molecular weight is 470 g/mol. The van der Waals surface area contributed by atoms with Gasteiger partial charge in [-0.05, 0) is 54.7 Å². The molecule has 0 spiro atoms. The molecule has 4 rings (SSSR count). The lowest BCUT2D eigenvalue weighted by atomic mass is 10.2. The van der Waals surface area contributed by atoms with Gasteiger partial charge in [-0.2, -0.15) is 0 Å². The zero-order valence-electron chi connectivity index (χ0n) is 16.0. The van der Waals surface area contributed by atoms with Gasteiger partial charge in [-0.3, -0.25) is 14.9 Å². The number of anilines is 1. The normalized spacial score (nSPS) is 10.6. The first-order valence-corrected chi connectivity index (χ1v) is 10.8. The number of furan rings is 1. The van der Waals surface area contributed by atoms with Crippen molar-refractivity contribution in [2.75, 3.05) is 5.32 Å². The number of rotatable bonds is 5. The highest BCUT2D eigenvalue weighted by Gasteiger charge is 2.18. The summed E-state index contributed by atoms with van der Waals surface area (Å²) < 4.78 is 6.12. The number of fused-ring (bicyclic) bond motifs is 1. The minimum absolute atomic E-state index is 0.133. The maximum atomic E-state index is 12.6. The van der Waals surface area contributed by atoms with Crippen LogP contribution in [-0.2, 0) is 6.54 Å². The fourth-order valence-electron chi connectivity index (χ4n) is 2.87. The van der Waals surface area contributed by atoms with E-state index in [1.807, 2.05) is 24.3 Å². The molecule has 0 saturated heterocycles. The molecule has 0 bridgehead atoms. The second-order valence-electron chi connectivity index (χ2n) is 6.49. The van der Waals surface area contributed by atoms with Gasteiger partial charge in [0.15, 0.2) is 5.11 Å². The third-order valence-electron chi connectivity index (χ3n) is 4.38. The molecule has 2 heterocycles. The fourth-order valence-corrected chi connectivity index (χ4v) is 4.49. The van der Waals surface area contributed by atoms with Crippen LogP contribution in [0.2, 0.25) is 5.02 Å². The molecule has 0 atom stereocenters. The second kappa shape index (κ2) is 9.30. The summed E-state index contributed by atoms with van der Waals surface area (Å²) in [6.07, 6.45) is 1.55. The van der Waals surface area contributed by atoms with Crippen LogP contribution >= 0.6 is 35.2 Å². The minimum atomic E-state index is -0.377. The molecule has 0 radical (unpaired) electrons. The van der Waals surface area contributed by atoms with Crippen molar-refractivity contribution in [1.29, 1.82) is 0 Å². The molecule has 156 valence electrons. The Bertz CT molecular complexity index is 1250. The summed E-state index contributed by atoms with van der Waals surface area (Å²) in [5, 5.41) is 9.72. The van der Waals surface area contributed by atoms with Gasteiger partial charge in [-0.1, -0.05) is 29.8 Å². The molecule has 0 fully saturated rings. The lowest BCUT2D eigenvalue weighted by Crippen LogP contribution is -2.33. The van der Waals surface area contributed by atoms with E-state index in [2.05, 4.69) is 16.0 Å². The summed E-state index contributed by atoms with van der Waals surface area (Å²) in [5.74, 6) is 0.0716. The van der Waals surface area contributed by atoms with Crippen molar-refractivity contribution in [2.45, 2.75) is 6.54 Å². The topological polar surface area (TPSA) is 83.4 Å². The van der Waals surface area contributed by atoms with Gasteiger partial charge < -0.3 is 15.1 Å². The third-order valence-corrected chi connectivity index (χ3v) is 6.25. The molecule has 3 N–H and O–H groups in total. The van der Waals surface area contributed by atoms with E-state index in [4.69, 9.17) is 28.2 Å². The van der Waals surface area contributed by atoms with E-state index in [-0.39, 0.29) is 16.9 Å². The number of carbonyl (C=O) groups is 2. The van der Waals surface area contributed by atoms with Gasteiger partial charge in [-0.15, -0.1) is 11.3 Å². The zero-order chi connectivity index (χ0) is 21.8. The first kappa shape index (κ1) is 21.0. The van der Waals surface area contributed by atoms with E-state index in [1.54, 1.807) is 42.7 Å². The summed E-state index contributed by atoms with van der Waals surface area (Å²) in [6, 6.07) is 17.8. The first-order chi connectivity index (χ1) is 15.0. The van der Waals surface area contributed by atoms with Crippen LogP contribution in [-0.4, -0.2) is 16.9 Å². The Morgan fingerprint density at radius 2 is 1.77 bits per heavy atom. The van der Waals surface area contributed by atoms with Gasteiger partial charge >= 0.3 is 0 Å². The van der Waals surface area contributed by atoms with Gasteiger partial charge in [0, 0.05) is 21.3 Å². The number of thiophene rings is 1. The average Bonchev–Trinajstić information content (AvgIpc) is 3.41. The van der Waals surface area contributed by atoms with E-state index in [1.165, 1.54) is 11.3 Å². The van der Waals surface area contributed by atoms with Gasteiger partial charge in [-0.25, -0.2) is 0 Å². The minimum Gasteiger partial charge on any atom is -0.467 e. The Morgan fingerprint density at radius 1 is 1.00 bits per heavy atom. The number of nitrogens with one attached hydrogen (secondary N) is 3. The van der Waals surface area contributed by atoms with E-state index in [9.17, 15) is 9.59 Å². The Morgan fingerprint density at radius 3 is 2.48 bits per heavy atom. The van der Waals surface area contributed by atoms with Crippen molar-refractivity contribution in [3.63, 3.8) is 0 Å². The molecule has 2 aromatic heterocycles. The molecule has 2 aromatic carbocycles. The van der Waals surface area contributed by atoms with Crippen molar-refractivity contribution in [3.05, 3.63) is 88.2 Å². The van der Waals surface area contributed by atoms with Crippen LogP contribution in [0.25, 0.3) is 10.1 Å². The maximum absolute atomic E-state index is 12.6. The van der Waals surface area contributed by atoms with Gasteiger partial charge in [0.1, 0.15) is 10.6 Å². The standard InChI is InChI=1S/C22H16ClN3O3S2/c23-18-16-5-1-2-6-17(16)31-19(18)21(28)26-22(30)25-14-9-7-13(8-10-14)20(27)24-12-15-4-3-11-29-15/h1-11H,12H2,(H,24,27)(H2,25,26,28,30). The van der Waals surface area contributed by atoms with Crippen molar-refractivity contribution in [2.24, 2.45) is 0 Å². The molecule has 0 aliphatic heterocycles. The van der Waals surface area contributed by atoms with Gasteiger partial charge in [0.2, 0.25) is 0 Å². The Balaban J connectivity index is 1.34. The summed E-state index contributed by atoms with van der Waals surface area (Å²) in [6.45, 7) is 0.308. The number of amides is 2. The van der Waals surface area contributed by atoms with Crippen LogP contribution in [0.3, 0.4) is 0 Å². The first-order valence-electron chi connectivity index (χ1n) is 9.21. The molecule has 9 heteroatoms. The number of benzene rings is 2. The van der Waals surface area contributed by atoms with Crippen LogP contribution in [0, 0.1) is 0 Å². The number of hydrogen-bond donors (Lipinski definition) is 3. The maximum Gasteiger partial charge on any atom is 0.269 e. The number of halogens is 1. The molecular weight excluding hydrogens is 454 g/mol. The second-order valence-corrected chi connectivity index (χ2v) is 8.33. The molecule has 0 aliphatic carbocycles. The molecule has 31 heavy (non-hydrogen) atoms. The van der Waals surface area contributed by atoms with Crippen LogP contribution in [0.4, 0.5) is 5.69 Å². The lowest BCUT2D eigenvalue weighted by Gasteiger charge is -2.10. The monoisotopic (exact) mass is 469 g/mol. The smallest absolute Gasteiger partial charge is 0.269 e. The van der Waals surface area contributed by atoms with Crippen molar-refractivity contribution in [1.82, 2.24) is 10.6 Å². The molecular formula is C22H16ClN3O3S2. The summed E-state index contributed by atoms with van der Waals surface area (Å²) >= 11 is 12.9. The molecule has 2 amide bonds. The summed E-state index contributed by atoms with van der Waals surface area (Å²) in [4.78, 5) is 25.2. The van der Waals surface area contributed by atoms with Crippen molar-refractivity contribution < 1.29 is 14.0 Å². The molecule has 6 nitrogen and oxygen atoms in total. The largest absolute Gasteiger partial charge is 0.467 e. The summed E-state index contributed by atoms with van der Waals surface area (Å²) in [7, 11) is 0.